The van der Waals surface area contributed by atoms with Crippen molar-refractivity contribution in [3.05, 3.63) is 130 Å². The van der Waals surface area contributed by atoms with Crippen LogP contribution in [-0.4, -0.2) is 67.9 Å². The molecule has 2 atom stereocenters. The average molecular weight is 759 g/mol. The topological polar surface area (TPSA) is 111 Å². The van der Waals surface area contributed by atoms with Gasteiger partial charge >= 0.3 is 0 Å². The quantitative estimate of drug-likeness (QED) is 0.137. The molecule has 12 heteroatoms. The van der Waals surface area contributed by atoms with Crippen LogP contribution < -0.4 is 9.47 Å². The van der Waals surface area contributed by atoms with Gasteiger partial charge in [0.2, 0.25) is 0 Å². The van der Waals surface area contributed by atoms with Gasteiger partial charge in [-0.1, -0.05) is 36.4 Å². The summed E-state index contributed by atoms with van der Waals surface area (Å²) in [7, 11) is 0. The Balaban J connectivity index is 0.000000167. The molecule has 0 aliphatic carbocycles. The summed E-state index contributed by atoms with van der Waals surface area (Å²) in [6.45, 7) is 1.62. The number of amides is 2. The molecule has 276 valence electrons. The predicted molar refractivity (Wildman–Crippen MR) is 211 cm³/mol. The highest BCUT2D eigenvalue weighted by molar-refractivity contribution is 7.10. The third kappa shape index (κ3) is 9.55. The molecule has 0 saturated carbocycles. The van der Waals surface area contributed by atoms with Crippen LogP contribution in [-0.2, 0) is 9.59 Å². The number of thiazole rings is 2. The molecule has 0 spiro atoms. The van der Waals surface area contributed by atoms with E-state index in [9.17, 15) is 9.59 Å². The summed E-state index contributed by atoms with van der Waals surface area (Å²) >= 11 is 3.23. The van der Waals surface area contributed by atoms with Gasteiger partial charge in [0.05, 0.1) is 23.5 Å². The lowest BCUT2D eigenvalue weighted by atomic mass is 10.0. The molecule has 2 aliphatic rings. The van der Waals surface area contributed by atoms with E-state index in [0.29, 0.717) is 11.5 Å². The summed E-state index contributed by atoms with van der Waals surface area (Å²) in [5.74, 6) is 1.46. The number of hydrogen-bond donors (Lipinski definition) is 0. The molecular weight excluding hydrogens is 717 g/mol. The van der Waals surface area contributed by atoms with E-state index in [-0.39, 0.29) is 37.1 Å². The van der Waals surface area contributed by atoms with Crippen molar-refractivity contribution in [2.24, 2.45) is 0 Å². The Bertz CT molecular complexity index is 1910. The van der Waals surface area contributed by atoms with E-state index < -0.39 is 0 Å². The van der Waals surface area contributed by atoms with Crippen LogP contribution in [0, 0.1) is 0 Å². The summed E-state index contributed by atoms with van der Waals surface area (Å²) in [4.78, 5) is 47.4. The van der Waals surface area contributed by atoms with Crippen molar-refractivity contribution in [2.45, 2.75) is 50.6 Å². The van der Waals surface area contributed by atoms with E-state index in [1.54, 1.807) is 35.1 Å². The van der Waals surface area contributed by atoms with Crippen molar-refractivity contribution in [3.8, 4) is 34.0 Å². The first kappa shape index (κ1) is 36.9. The van der Waals surface area contributed by atoms with E-state index in [4.69, 9.17) is 19.4 Å². The van der Waals surface area contributed by atoms with Crippen molar-refractivity contribution in [2.75, 3.05) is 26.3 Å². The molecule has 2 amide bonds. The molecule has 2 fully saturated rings. The van der Waals surface area contributed by atoms with Gasteiger partial charge in [-0.2, -0.15) is 0 Å². The molecule has 2 aliphatic heterocycles. The standard InChI is InChI=1S/2C21H21N3O2S/c2*25-20(14-26-17-8-2-1-3-9-17)24-12-5-4-10-19(24)21-23-18(15-27-21)16-7-6-11-22-13-16/h2*1-3,6-9,11,13,15,19H,4-5,10,12,14H2/t2*19-/m11/s1. The van der Waals surface area contributed by atoms with Crippen LogP contribution in [0.2, 0.25) is 0 Å². The number of aromatic nitrogens is 4. The summed E-state index contributed by atoms with van der Waals surface area (Å²) < 4.78 is 11.3. The number of carbonyl (C=O) groups is 2. The molecule has 6 aromatic rings. The molecule has 4 aromatic heterocycles. The molecule has 6 heterocycles. The van der Waals surface area contributed by atoms with Gasteiger partial charge in [0, 0.05) is 59.8 Å². The molecule has 2 saturated heterocycles. The van der Waals surface area contributed by atoms with Crippen LogP contribution in [0.15, 0.2) is 120 Å². The largest absolute Gasteiger partial charge is 0.484 e. The fourth-order valence-corrected chi connectivity index (χ4v) is 8.59. The molecule has 0 bridgehead atoms. The maximum atomic E-state index is 12.8. The number of pyridine rings is 2. The van der Waals surface area contributed by atoms with Crippen LogP contribution in [0.3, 0.4) is 0 Å². The Hall–Kier alpha value is -5.46. The van der Waals surface area contributed by atoms with E-state index in [2.05, 4.69) is 9.97 Å². The number of rotatable bonds is 10. The monoisotopic (exact) mass is 758 g/mol. The summed E-state index contributed by atoms with van der Waals surface area (Å²) in [5.41, 5.74) is 3.84. The molecule has 2 aromatic carbocycles. The second-order valence-electron chi connectivity index (χ2n) is 13.0. The summed E-state index contributed by atoms with van der Waals surface area (Å²) in [6.07, 6.45) is 13.3. The minimum Gasteiger partial charge on any atom is -0.484 e. The Morgan fingerprint density at radius 2 is 1.04 bits per heavy atom. The highest BCUT2D eigenvalue weighted by Crippen LogP contribution is 2.36. The first-order valence-corrected chi connectivity index (χ1v) is 20.0. The fraction of sp³-hybridized carbons (Fsp3) is 0.286. The van der Waals surface area contributed by atoms with E-state index in [1.165, 1.54) is 0 Å². The number of para-hydroxylation sites is 2. The third-order valence-electron chi connectivity index (χ3n) is 9.39. The number of carbonyl (C=O) groups excluding carboxylic acids is 2. The highest BCUT2D eigenvalue weighted by Gasteiger charge is 2.32. The number of nitrogens with zero attached hydrogens (tertiary/aromatic N) is 6. The van der Waals surface area contributed by atoms with Crippen molar-refractivity contribution in [1.82, 2.24) is 29.7 Å². The SMILES string of the molecule is O=C(COc1ccccc1)N1CCCC[C@@H]1c1nc(-c2cccnc2)cs1.O=C(COc1ccccc1)N1CCCC[C@@H]1c1nc(-c2cccnc2)cs1. The van der Waals surface area contributed by atoms with Gasteiger partial charge in [0.1, 0.15) is 21.5 Å². The lowest BCUT2D eigenvalue weighted by Crippen LogP contribution is -2.41. The van der Waals surface area contributed by atoms with Gasteiger partial charge < -0.3 is 19.3 Å². The Morgan fingerprint density at radius 3 is 1.44 bits per heavy atom. The van der Waals surface area contributed by atoms with Crippen molar-refractivity contribution in [1.29, 1.82) is 0 Å². The molecule has 0 N–H and O–H groups in total. The van der Waals surface area contributed by atoms with Crippen LogP contribution in [0.1, 0.15) is 60.6 Å². The zero-order valence-electron chi connectivity index (χ0n) is 29.9. The van der Waals surface area contributed by atoms with Gasteiger partial charge in [-0.25, -0.2) is 9.97 Å². The second-order valence-corrected chi connectivity index (χ2v) is 14.8. The number of likely N-dealkylation sites (tertiary alicyclic amines) is 2. The Morgan fingerprint density at radius 1 is 0.593 bits per heavy atom. The summed E-state index contributed by atoms with van der Waals surface area (Å²) in [5, 5.41) is 6.07. The minimum absolute atomic E-state index is 0.0154. The van der Waals surface area contributed by atoms with Crippen LogP contribution in [0.4, 0.5) is 0 Å². The second kappa shape index (κ2) is 18.5. The van der Waals surface area contributed by atoms with Crippen LogP contribution in [0.5, 0.6) is 11.5 Å². The average Bonchev–Trinajstić information content (AvgIpc) is 3.95. The first-order valence-electron chi connectivity index (χ1n) is 18.3. The van der Waals surface area contributed by atoms with Gasteiger partial charge in [0.25, 0.3) is 11.8 Å². The van der Waals surface area contributed by atoms with Gasteiger partial charge in [-0.05, 0) is 87.1 Å². The van der Waals surface area contributed by atoms with E-state index in [1.807, 2.05) is 118 Å². The fourth-order valence-electron chi connectivity index (χ4n) is 6.64. The van der Waals surface area contributed by atoms with Crippen LogP contribution >= 0.6 is 22.7 Å². The number of ether oxygens (including phenoxy) is 2. The number of benzene rings is 2. The predicted octanol–water partition coefficient (Wildman–Crippen LogP) is 8.68. The smallest absolute Gasteiger partial charge is 0.261 e. The zero-order chi connectivity index (χ0) is 37.0. The van der Waals surface area contributed by atoms with E-state index in [0.717, 1.165) is 84.1 Å². The summed E-state index contributed by atoms with van der Waals surface area (Å²) in [6, 6.07) is 26.8. The van der Waals surface area contributed by atoms with Crippen LogP contribution in [0.25, 0.3) is 22.5 Å². The van der Waals surface area contributed by atoms with Gasteiger partial charge in [-0.15, -0.1) is 22.7 Å². The molecule has 8 rings (SSSR count). The van der Waals surface area contributed by atoms with Crippen molar-refractivity contribution >= 4 is 34.5 Å². The Kier molecular flexibility index (Phi) is 12.7. The third-order valence-corrected chi connectivity index (χ3v) is 11.3. The normalized spacial score (nSPS) is 16.9. The molecule has 10 nitrogen and oxygen atoms in total. The maximum absolute atomic E-state index is 12.8. The van der Waals surface area contributed by atoms with Crippen molar-refractivity contribution in [3.63, 3.8) is 0 Å². The van der Waals surface area contributed by atoms with E-state index >= 15 is 0 Å². The first-order chi connectivity index (χ1) is 26.6. The number of hydrogen-bond acceptors (Lipinski definition) is 10. The lowest BCUT2D eigenvalue weighted by molar-refractivity contribution is -0.138. The maximum Gasteiger partial charge on any atom is 0.261 e. The Labute approximate surface area is 323 Å². The number of piperidine rings is 2. The molecule has 54 heavy (non-hydrogen) atoms. The lowest BCUT2D eigenvalue weighted by Gasteiger charge is -2.34. The molecular formula is C42H42N6O4S2. The molecule has 0 radical (unpaired) electrons. The van der Waals surface area contributed by atoms with Crippen molar-refractivity contribution < 1.29 is 19.1 Å². The van der Waals surface area contributed by atoms with Gasteiger partial charge in [-0.3, -0.25) is 19.6 Å². The zero-order valence-corrected chi connectivity index (χ0v) is 31.5. The minimum atomic E-state index is 0.0154. The molecule has 0 unspecified atom stereocenters. The van der Waals surface area contributed by atoms with Gasteiger partial charge in [0.15, 0.2) is 13.2 Å². The highest BCUT2D eigenvalue weighted by atomic mass is 32.1.